The molecule has 0 aliphatic carbocycles. The number of halogens is 1. The van der Waals surface area contributed by atoms with E-state index in [-0.39, 0.29) is 11.3 Å². The Balaban J connectivity index is 0.000000235. The highest BCUT2D eigenvalue weighted by atomic mass is 19.1. The Kier molecular flexibility index (Phi) is 7.11. The van der Waals surface area contributed by atoms with Gasteiger partial charge in [0.1, 0.15) is 5.82 Å². The van der Waals surface area contributed by atoms with Crippen LogP contribution in [-0.2, 0) is 0 Å². The minimum Gasteiger partial charge on any atom is -0.493 e. The molecule has 1 N–H and O–H groups in total. The van der Waals surface area contributed by atoms with Crippen LogP contribution in [0.2, 0.25) is 0 Å². The molecule has 1 aliphatic rings. The summed E-state index contributed by atoms with van der Waals surface area (Å²) in [4.78, 5) is 12.6. The Hall–Kier alpha value is -1.66. The molecule has 1 fully saturated rings. The lowest BCUT2D eigenvalue weighted by atomic mass is 10.2. The van der Waals surface area contributed by atoms with E-state index in [9.17, 15) is 9.18 Å². The Morgan fingerprint density at radius 2 is 1.90 bits per heavy atom. The van der Waals surface area contributed by atoms with E-state index in [1.807, 2.05) is 0 Å². The minimum absolute atomic E-state index is 0.0438. The number of methoxy groups -OCH3 is 2. The van der Waals surface area contributed by atoms with Crippen molar-refractivity contribution in [2.45, 2.75) is 12.5 Å². The molecule has 6 heteroatoms. The van der Waals surface area contributed by atoms with E-state index in [1.165, 1.54) is 39.8 Å². The number of rotatable bonds is 4. The third kappa shape index (κ3) is 4.99. The van der Waals surface area contributed by atoms with Gasteiger partial charge in [0.05, 0.1) is 19.8 Å². The molecular formula is C15H23FN2O3. The van der Waals surface area contributed by atoms with E-state index in [4.69, 9.17) is 9.47 Å². The molecule has 1 aliphatic heterocycles. The van der Waals surface area contributed by atoms with Gasteiger partial charge in [-0.1, -0.05) is 0 Å². The third-order valence-corrected chi connectivity index (χ3v) is 3.39. The van der Waals surface area contributed by atoms with E-state index in [0.29, 0.717) is 12.0 Å². The van der Waals surface area contributed by atoms with Crippen molar-refractivity contribution in [3.05, 3.63) is 23.5 Å². The van der Waals surface area contributed by atoms with Crippen LogP contribution in [0.3, 0.4) is 0 Å². The monoisotopic (exact) mass is 298 g/mol. The van der Waals surface area contributed by atoms with E-state index >= 15 is 0 Å². The first-order valence-electron chi connectivity index (χ1n) is 6.77. The minimum atomic E-state index is -0.618. The van der Waals surface area contributed by atoms with Gasteiger partial charge in [-0.05, 0) is 33.1 Å². The van der Waals surface area contributed by atoms with Crippen LogP contribution in [0.5, 0.6) is 11.5 Å². The predicted octanol–water partition coefficient (Wildman–Crippen LogP) is 1.57. The lowest BCUT2D eigenvalue weighted by molar-refractivity contribution is 0.111. The van der Waals surface area contributed by atoms with Crippen molar-refractivity contribution in [2.75, 3.05) is 41.4 Å². The second-order valence-corrected chi connectivity index (χ2v) is 4.96. The van der Waals surface area contributed by atoms with Crippen LogP contribution in [0, 0.1) is 5.82 Å². The zero-order valence-corrected chi connectivity index (χ0v) is 13.0. The lowest BCUT2D eigenvalue weighted by Gasteiger charge is -2.16. The first kappa shape index (κ1) is 17.4. The molecule has 0 aromatic heterocycles. The summed E-state index contributed by atoms with van der Waals surface area (Å²) in [6.07, 6.45) is 1.74. The summed E-state index contributed by atoms with van der Waals surface area (Å²) in [6, 6.07) is 3.19. The number of carbonyl (C=O) groups is 1. The van der Waals surface area contributed by atoms with Crippen molar-refractivity contribution < 1.29 is 18.7 Å². The molecule has 5 nitrogen and oxygen atoms in total. The van der Waals surface area contributed by atoms with Gasteiger partial charge in [-0.15, -0.1) is 0 Å². The number of nitrogens with zero attached hydrogens (tertiary/aromatic N) is 1. The highest BCUT2D eigenvalue weighted by molar-refractivity contribution is 5.76. The average molecular weight is 298 g/mol. The molecule has 1 heterocycles. The second kappa shape index (κ2) is 8.59. The molecule has 21 heavy (non-hydrogen) atoms. The van der Waals surface area contributed by atoms with E-state index in [2.05, 4.69) is 24.3 Å². The summed E-state index contributed by atoms with van der Waals surface area (Å²) in [6.45, 7) is 2.37. The van der Waals surface area contributed by atoms with Crippen molar-refractivity contribution >= 4 is 6.29 Å². The molecule has 1 aromatic rings. The van der Waals surface area contributed by atoms with Gasteiger partial charge < -0.3 is 19.7 Å². The predicted molar refractivity (Wildman–Crippen MR) is 79.9 cm³/mol. The van der Waals surface area contributed by atoms with E-state index in [0.717, 1.165) is 12.1 Å². The number of likely N-dealkylation sites (N-methyl/N-ethyl adjacent to an activating group) is 1. The first-order valence-corrected chi connectivity index (χ1v) is 6.77. The summed E-state index contributed by atoms with van der Waals surface area (Å²) in [5.74, 6) is -0.00995. The molecule has 1 unspecified atom stereocenters. The first-order chi connectivity index (χ1) is 10.0. The van der Waals surface area contributed by atoms with E-state index in [1.54, 1.807) is 0 Å². The zero-order valence-electron chi connectivity index (χ0n) is 13.0. The smallest absolute Gasteiger partial charge is 0.163 e. The summed E-state index contributed by atoms with van der Waals surface area (Å²) in [5.41, 5.74) is -0.0438. The van der Waals surface area contributed by atoms with Crippen molar-refractivity contribution in [2.24, 2.45) is 0 Å². The third-order valence-electron chi connectivity index (χ3n) is 3.39. The fraction of sp³-hybridized carbons (Fsp3) is 0.533. The van der Waals surface area contributed by atoms with Crippen LogP contribution < -0.4 is 14.8 Å². The number of aldehydes is 1. The van der Waals surface area contributed by atoms with Crippen molar-refractivity contribution in [1.82, 2.24) is 10.2 Å². The molecule has 1 atom stereocenters. The quantitative estimate of drug-likeness (QED) is 0.855. The molecule has 0 bridgehead atoms. The van der Waals surface area contributed by atoms with Crippen LogP contribution in [0.25, 0.3) is 0 Å². The molecule has 0 amide bonds. The standard InChI is InChI=1S/C9H9FO3.C6H14N2/c1-12-8-3-6(5-11)7(10)4-9(8)13-2;1-8(2)6-3-4-7-5-6/h3-5H,1-2H3;6-7H,3-5H2,1-2H3. The van der Waals surface area contributed by atoms with Crippen molar-refractivity contribution in [3.8, 4) is 11.5 Å². The second-order valence-electron chi connectivity index (χ2n) is 4.96. The van der Waals surface area contributed by atoms with Crippen LogP contribution >= 0.6 is 0 Å². The molecule has 1 saturated heterocycles. The van der Waals surface area contributed by atoms with Gasteiger partial charge in [0.15, 0.2) is 17.8 Å². The number of nitrogens with one attached hydrogen (secondary N) is 1. The molecule has 2 rings (SSSR count). The summed E-state index contributed by atoms with van der Waals surface area (Å²) in [5, 5.41) is 3.31. The molecule has 0 saturated carbocycles. The van der Waals surface area contributed by atoms with Gasteiger partial charge in [0.25, 0.3) is 0 Å². The summed E-state index contributed by atoms with van der Waals surface area (Å²) < 4.78 is 22.7. The summed E-state index contributed by atoms with van der Waals surface area (Å²) >= 11 is 0. The molecule has 0 radical (unpaired) electrons. The van der Waals surface area contributed by atoms with Crippen LogP contribution in [0.15, 0.2) is 12.1 Å². The van der Waals surface area contributed by atoms with Gasteiger partial charge in [-0.2, -0.15) is 0 Å². The normalized spacial score (nSPS) is 17.1. The van der Waals surface area contributed by atoms with Gasteiger partial charge in [0.2, 0.25) is 0 Å². The average Bonchev–Trinajstić information content (AvgIpc) is 3.02. The highest BCUT2D eigenvalue weighted by Gasteiger charge is 2.15. The zero-order chi connectivity index (χ0) is 15.8. The Morgan fingerprint density at radius 1 is 1.29 bits per heavy atom. The lowest BCUT2D eigenvalue weighted by Crippen LogP contribution is -2.29. The van der Waals surface area contributed by atoms with E-state index < -0.39 is 5.82 Å². The maximum Gasteiger partial charge on any atom is 0.163 e. The molecule has 1 aromatic carbocycles. The van der Waals surface area contributed by atoms with Crippen LogP contribution in [-0.4, -0.2) is 58.6 Å². The largest absolute Gasteiger partial charge is 0.493 e. The number of hydrogen-bond donors (Lipinski definition) is 1. The Labute approximate surface area is 125 Å². The molecule has 0 spiro atoms. The van der Waals surface area contributed by atoms with Gasteiger partial charge in [-0.3, -0.25) is 4.79 Å². The van der Waals surface area contributed by atoms with Gasteiger partial charge in [-0.25, -0.2) is 4.39 Å². The summed E-state index contributed by atoms with van der Waals surface area (Å²) in [7, 11) is 7.09. The topological polar surface area (TPSA) is 50.8 Å². The fourth-order valence-corrected chi connectivity index (χ4v) is 2.04. The maximum absolute atomic E-state index is 13.0. The number of benzene rings is 1. The molecular weight excluding hydrogens is 275 g/mol. The van der Waals surface area contributed by atoms with Gasteiger partial charge >= 0.3 is 0 Å². The van der Waals surface area contributed by atoms with Crippen LogP contribution in [0.4, 0.5) is 4.39 Å². The van der Waals surface area contributed by atoms with Crippen molar-refractivity contribution in [1.29, 1.82) is 0 Å². The molecule has 118 valence electrons. The van der Waals surface area contributed by atoms with Gasteiger partial charge in [0, 0.05) is 18.7 Å². The number of hydrogen-bond acceptors (Lipinski definition) is 5. The Bertz CT molecular complexity index is 460. The fourth-order valence-electron chi connectivity index (χ4n) is 2.04. The van der Waals surface area contributed by atoms with Crippen LogP contribution in [0.1, 0.15) is 16.8 Å². The SMILES string of the molecule is CN(C)C1CCNC1.COc1cc(F)c(C=O)cc1OC. The number of carbonyl (C=O) groups excluding carboxylic acids is 1. The van der Waals surface area contributed by atoms with Crippen molar-refractivity contribution in [3.63, 3.8) is 0 Å². The maximum atomic E-state index is 13.0. The number of ether oxygens (including phenoxy) is 2. The highest BCUT2D eigenvalue weighted by Crippen LogP contribution is 2.28. The Morgan fingerprint density at radius 3 is 2.29 bits per heavy atom.